The molecule has 0 amide bonds. The fraction of sp³-hybridized carbons (Fsp3) is 0.211. The Bertz CT molecular complexity index is 1020. The minimum Gasteiger partial charge on any atom is -0.507 e. The van der Waals surface area contributed by atoms with Gasteiger partial charge < -0.3 is 9.52 Å². The van der Waals surface area contributed by atoms with Gasteiger partial charge >= 0.3 is 12.4 Å². The van der Waals surface area contributed by atoms with E-state index in [0.717, 1.165) is 0 Å². The molecule has 3 aromatic rings. The number of phenols is 1. The van der Waals surface area contributed by atoms with Crippen LogP contribution in [0.4, 0.5) is 26.3 Å². The highest BCUT2D eigenvalue weighted by molar-refractivity contribution is 6.17. The standard InChI is InChI=1S/C19H12F6O3/c1-2-13-15(10-5-3-4-6-14(10)28-13)16(26)9-7-11(18(20,21)22)17(27)12(8-9)19(23,24)25/h3-8,27H,2H2,1H3. The van der Waals surface area contributed by atoms with E-state index in [1.165, 1.54) is 12.1 Å². The third kappa shape index (κ3) is 3.32. The lowest BCUT2D eigenvalue weighted by atomic mass is 9.95. The van der Waals surface area contributed by atoms with Gasteiger partial charge in [0.1, 0.15) is 17.1 Å². The lowest BCUT2D eigenvalue weighted by Gasteiger charge is -2.16. The van der Waals surface area contributed by atoms with Crippen LogP contribution in [0.25, 0.3) is 11.0 Å². The van der Waals surface area contributed by atoms with Crippen molar-refractivity contribution in [2.24, 2.45) is 0 Å². The van der Waals surface area contributed by atoms with Crippen LogP contribution >= 0.6 is 0 Å². The molecule has 1 heterocycles. The molecule has 1 N–H and O–H groups in total. The van der Waals surface area contributed by atoms with Crippen LogP contribution in [0.15, 0.2) is 40.8 Å². The van der Waals surface area contributed by atoms with Crippen LogP contribution in [0.5, 0.6) is 5.75 Å². The number of ketones is 1. The highest BCUT2D eigenvalue weighted by atomic mass is 19.4. The summed E-state index contributed by atoms with van der Waals surface area (Å²) < 4.78 is 84.4. The Morgan fingerprint density at radius 1 is 1.00 bits per heavy atom. The fourth-order valence-corrected chi connectivity index (χ4v) is 2.94. The summed E-state index contributed by atoms with van der Waals surface area (Å²) in [6.07, 6.45) is -10.4. The van der Waals surface area contributed by atoms with Gasteiger partial charge in [-0.25, -0.2) is 0 Å². The number of para-hydroxylation sites is 1. The topological polar surface area (TPSA) is 50.4 Å². The molecular formula is C19H12F6O3. The number of hydrogen-bond donors (Lipinski definition) is 1. The van der Waals surface area contributed by atoms with Gasteiger partial charge in [0, 0.05) is 17.4 Å². The van der Waals surface area contributed by atoms with Gasteiger partial charge in [0.15, 0.2) is 5.78 Å². The SMILES string of the molecule is CCc1oc2ccccc2c1C(=O)c1cc(C(F)(F)F)c(O)c(C(F)(F)F)c1. The zero-order chi connectivity index (χ0) is 20.9. The van der Waals surface area contributed by atoms with Gasteiger partial charge in [0.2, 0.25) is 0 Å². The number of phenolic OH excluding ortho intramolecular Hbond substituents is 1. The van der Waals surface area contributed by atoms with Crippen molar-refractivity contribution < 1.29 is 40.7 Å². The number of alkyl halides is 6. The minimum absolute atomic E-state index is 0.106. The first-order valence-electron chi connectivity index (χ1n) is 8.01. The Labute approximate surface area is 154 Å². The molecule has 2 aromatic carbocycles. The van der Waals surface area contributed by atoms with Crippen LogP contribution in [0.1, 0.15) is 39.7 Å². The highest BCUT2D eigenvalue weighted by Gasteiger charge is 2.42. The van der Waals surface area contributed by atoms with Gasteiger partial charge in [-0.05, 0) is 18.2 Å². The molecule has 0 aliphatic carbocycles. The van der Waals surface area contributed by atoms with Crippen molar-refractivity contribution in [3.63, 3.8) is 0 Å². The fourth-order valence-electron chi connectivity index (χ4n) is 2.94. The number of aryl methyl sites for hydroxylation is 1. The summed E-state index contributed by atoms with van der Waals surface area (Å²) in [5.41, 5.74) is -4.54. The number of hydrogen-bond acceptors (Lipinski definition) is 3. The summed E-state index contributed by atoms with van der Waals surface area (Å²) in [5.74, 6) is -2.89. The van der Waals surface area contributed by atoms with E-state index in [1.807, 2.05) is 0 Å². The molecule has 0 saturated carbocycles. The number of aromatic hydroxyl groups is 1. The molecule has 0 unspecified atom stereocenters. The Balaban J connectivity index is 2.29. The number of fused-ring (bicyclic) bond motifs is 1. The second-order valence-electron chi connectivity index (χ2n) is 5.99. The Kier molecular flexibility index (Phi) is 4.64. The third-order valence-electron chi connectivity index (χ3n) is 4.20. The van der Waals surface area contributed by atoms with Gasteiger partial charge in [0.25, 0.3) is 0 Å². The van der Waals surface area contributed by atoms with E-state index >= 15 is 0 Å². The first-order valence-corrected chi connectivity index (χ1v) is 8.01. The number of rotatable bonds is 3. The predicted molar refractivity (Wildman–Crippen MR) is 87.1 cm³/mol. The molecule has 148 valence electrons. The Morgan fingerprint density at radius 3 is 2.04 bits per heavy atom. The van der Waals surface area contributed by atoms with Crippen LogP contribution < -0.4 is 0 Å². The van der Waals surface area contributed by atoms with Crippen LogP contribution in [-0.2, 0) is 18.8 Å². The molecule has 0 fully saturated rings. The van der Waals surface area contributed by atoms with Gasteiger partial charge in [-0.1, -0.05) is 25.1 Å². The lowest BCUT2D eigenvalue weighted by molar-refractivity contribution is -0.145. The molecule has 1 aromatic heterocycles. The van der Waals surface area contributed by atoms with Crippen molar-refractivity contribution in [1.29, 1.82) is 0 Å². The van der Waals surface area contributed by atoms with Crippen molar-refractivity contribution >= 4 is 16.8 Å². The van der Waals surface area contributed by atoms with Crippen LogP contribution in [0.2, 0.25) is 0 Å². The Morgan fingerprint density at radius 2 is 1.54 bits per heavy atom. The molecule has 3 nitrogen and oxygen atoms in total. The van der Waals surface area contributed by atoms with Crippen LogP contribution in [0, 0.1) is 0 Å². The Hall–Kier alpha value is -2.97. The average molecular weight is 402 g/mol. The molecular weight excluding hydrogens is 390 g/mol. The van der Waals surface area contributed by atoms with E-state index in [-0.39, 0.29) is 40.8 Å². The van der Waals surface area contributed by atoms with E-state index in [4.69, 9.17) is 4.42 Å². The van der Waals surface area contributed by atoms with Crippen LogP contribution in [0.3, 0.4) is 0 Å². The first kappa shape index (κ1) is 19.8. The summed E-state index contributed by atoms with van der Waals surface area (Å²) in [4.78, 5) is 12.9. The monoisotopic (exact) mass is 402 g/mol. The van der Waals surface area contributed by atoms with Crippen molar-refractivity contribution in [3.8, 4) is 5.75 Å². The van der Waals surface area contributed by atoms with Crippen molar-refractivity contribution in [1.82, 2.24) is 0 Å². The molecule has 0 bridgehead atoms. The highest BCUT2D eigenvalue weighted by Crippen LogP contribution is 2.44. The summed E-state index contributed by atoms with van der Waals surface area (Å²) >= 11 is 0. The smallest absolute Gasteiger partial charge is 0.419 e. The second-order valence-corrected chi connectivity index (χ2v) is 5.99. The van der Waals surface area contributed by atoms with E-state index in [9.17, 15) is 36.2 Å². The first-order chi connectivity index (χ1) is 12.9. The van der Waals surface area contributed by atoms with E-state index in [1.54, 1.807) is 19.1 Å². The molecule has 3 rings (SSSR count). The minimum atomic E-state index is -5.29. The van der Waals surface area contributed by atoms with Crippen LogP contribution in [-0.4, -0.2) is 10.9 Å². The van der Waals surface area contributed by atoms with Gasteiger partial charge in [-0.15, -0.1) is 0 Å². The molecule has 0 spiro atoms. The summed E-state index contributed by atoms with van der Waals surface area (Å²) in [6, 6.07) is 6.63. The average Bonchev–Trinajstić information content (AvgIpc) is 2.97. The van der Waals surface area contributed by atoms with Gasteiger partial charge in [0.05, 0.1) is 16.7 Å². The second kappa shape index (κ2) is 6.57. The lowest BCUT2D eigenvalue weighted by Crippen LogP contribution is -2.15. The van der Waals surface area contributed by atoms with E-state index in [0.29, 0.717) is 0 Å². The number of carbonyl (C=O) groups is 1. The van der Waals surface area contributed by atoms with Crippen molar-refractivity contribution in [2.45, 2.75) is 25.7 Å². The zero-order valence-corrected chi connectivity index (χ0v) is 14.2. The van der Waals surface area contributed by atoms with Gasteiger partial charge in [-0.3, -0.25) is 4.79 Å². The maximum atomic E-state index is 13.1. The predicted octanol–water partition coefficient (Wildman–Crippen LogP) is 5.97. The number of benzene rings is 2. The van der Waals surface area contributed by atoms with E-state index in [2.05, 4.69) is 0 Å². The number of carbonyl (C=O) groups excluding carboxylic acids is 1. The number of halogens is 6. The molecule has 0 atom stereocenters. The maximum Gasteiger partial charge on any atom is 0.419 e. The quantitative estimate of drug-likeness (QED) is 0.434. The zero-order valence-electron chi connectivity index (χ0n) is 14.2. The molecule has 0 saturated heterocycles. The summed E-state index contributed by atoms with van der Waals surface area (Å²) in [6.45, 7) is 1.63. The molecule has 9 heteroatoms. The van der Waals surface area contributed by atoms with E-state index < -0.39 is 40.6 Å². The molecule has 28 heavy (non-hydrogen) atoms. The van der Waals surface area contributed by atoms with Crippen molar-refractivity contribution in [2.75, 3.05) is 0 Å². The summed E-state index contributed by atoms with van der Waals surface area (Å²) in [5, 5.41) is 9.78. The molecule has 0 radical (unpaired) electrons. The molecule has 0 aliphatic heterocycles. The largest absolute Gasteiger partial charge is 0.507 e. The maximum absolute atomic E-state index is 13.1. The number of furan rings is 1. The molecule has 0 aliphatic rings. The normalized spacial score (nSPS) is 12.5. The van der Waals surface area contributed by atoms with Crippen molar-refractivity contribution in [3.05, 3.63) is 64.4 Å². The summed E-state index contributed by atoms with van der Waals surface area (Å²) in [7, 11) is 0. The third-order valence-corrected chi connectivity index (χ3v) is 4.20. The van der Waals surface area contributed by atoms with Gasteiger partial charge in [-0.2, -0.15) is 26.3 Å².